The molecule has 0 N–H and O–H groups in total. The maximum absolute atomic E-state index is 11.7. The molecule has 1 atom stereocenters. The number of rotatable bonds is 20. The van der Waals surface area contributed by atoms with Crippen LogP contribution in [0.15, 0.2) is 0 Å². The van der Waals surface area contributed by atoms with E-state index in [1.807, 2.05) is 0 Å². The zero-order chi connectivity index (χ0) is 19.5. The van der Waals surface area contributed by atoms with E-state index in [1.54, 1.807) is 21.1 Å². The van der Waals surface area contributed by atoms with E-state index >= 15 is 0 Å². The van der Waals surface area contributed by atoms with Gasteiger partial charge in [0.05, 0.1) is 39.6 Å². The molecule has 0 saturated heterocycles. The van der Waals surface area contributed by atoms with Crippen molar-refractivity contribution in [2.45, 2.75) is 51.6 Å². The van der Waals surface area contributed by atoms with Gasteiger partial charge in [-0.3, -0.25) is 4.79 Å². The van der Waals surface area contributed by atoms with Crippen LogP contribution in [0.25, 0.3) is 0 Å². The van der Waals surface area contributed by atoms with Crippen LogP contribution in [0, 0.1) is 0 Å². The van der Waals surface area contributed by atoms with Gasteiger partial charge in [-0.2, -0.15) is 0 Å². The Bertz CT molecular complexity index is 347. The maximum atomic E-state index is 11.7. The summed E-state index contributed by atoms with van der Waals surface area (Å²) in [6.45, 7) is 5.12. The topological polar surface area (TPSA) is 80.3 Å². The number of ketones is 2. The maximum Gasteiger partial charge on any atom is 0.132 e. The van der Waals surface area contributed by atoms with Gasteiger partial charge < -0.3 is 28.5 Å². The third-order valence-electron chi connectivity index (χ3n) is 3.66. The predicted octanol–water partition coefficient (Wildman–Crippen LogP) is 2.20. The van der Waals surface area contributed by atoms with Gasteiger partial charge in [0, 0.05) is 40.1 Å². The third kappa shape index (κ3) is 17.9. The fourth-order valence-electron chi connectivity index (χ4n) is 2.20. The van der Waals surface area contributed by atoms with Gasteiger partial charge in [-0.25, -0.2) is 0 Å². The van der Waals surface area contributed by atoms with Gasteiger partial charge in [0.25, 0.3) is 0 Å². The lowest BCUT2D eigenvalue weighted by Crippen LogP contribution is -2.28. The minimum atomic E-state index is -0.143. The molecule has 0 aliphatic heterocycles. The van der Waals surface area contributed by atoms with E-state index in [-0.39, 0.29) is 17.7 Å². The molecule has 0 bridgehead atoms. The first-order chi connectivity index (χ1) is 12.6. The summed E-state index contributed by atoms with van der Waals surface area (Å²) in [5.41, 5.74) is 0. The molecule has 1 unspecified atom stereocenters. The Balaban J connectivity index is 3.71. The number of carbonyl (C=O) groups is 2. The van der Waals surface area contributed by atoms with Crippen molar-refractivity contribution < 1.29 is 33.3 Å². The molecule has 0 fully saturated rings. The Morgan fingerprint density at radius 2 is 1.35 bits per heavy atom. The number of carbonyl (C=O) groups excluding carboxylic acids is 2. The molecule has 0 heterocycles. The summed E-state index contributed by atoms with van der Waals surface area (Å²) in [4.78, 5) is 22.5. The normalized spacial score (nSPS) is 12.3. The second-order valence-corrected chi connectivity index (χ2v) is 6.18. The number of hydrogen-bond acceptors (Lipinski definition) is 7. The van der Waals surface area contributed by atoms with Gasteiger partial charge in [-0.15, -0.1) is 0 Å². The quantitative estimate of drug-likeness (QED) is 0.301. The highest BCUT2D eigenvalue weighted by molar-refractivity contribution is 5.80. The first kappa shape index (κ1) is 25.1. The Hall–Kier alpha value is -0.860. The van der Waals surface area contributed by atoms with Crippen molar-refractivity contribution in [2.75, 3.05) is 60.5 Å². The molecule has 0 aliphatic carbocycles. The fourth-order valence-corrected chi connectivity index (χ4v) is 2.20. The number of Topliss-reactive ketones (excluding diaryl/α,β-unsaturated/α-hetero) is 2. The molecule has 7 heteroatoms. The second kappa shape index (κ2) is 18.9. The molecule has 0 aromatic heterocycles. The fraction of sp³-hybridized carbons (Fsp3) is 0.895. The molecule has 0 aromatic carbocycles. The van der Waals surface area contributed by atoms with Gasteiger partial charge in [0.15, 0.2) is 0 Å². The van der Waals surface area contributed by atoms with E-state index in [4.69, 9.17) is 23.7 Å². The van der Waals surface area contributed by atoms with Crippen LogP contribution in [0.1, 0.15) is 45.4 Å². The molecular weight excluding hydrogens is 340 g/mol. The van der Waals surface area contributed by atoms with Crippen molar-refractivity contribution in [3.63, 3.8) is 0 Å². The number of ether oxygens (including phenoxy) is 5. The van der Waals surface area contributed by atoms with E-state index in [1.165, 1.54) is 0 Å². The zero-order valence-electron chi connectivity index (χ0n) is 16.6. The lowest BCUT2D eigenvalue weighted by molar-refractivity contribution is -0.119. The van der Waals surface area contributed by atoms with Crippen LogP contribution in [0.3, 0.4) is 0 Å². The SMILES string of the molecule is COCCOCC(COCCCCC(=O)CCCC(C)=O)OCCOC. The first-order valence-corrected chi connectivity index (χ1v) is 9.36. The molecule has 0 rings (SSSR count). The van der Waals surface area contributed by atoms with E-state index < -0.39 is 0 Å². The molecule has 0 amide bonds. The van der Waals surface area contributed by atoms with Crippen molar-refractivity contribution >= 4 is 11.6 Å². The van der Waals surface area contributed by atoms with Gasteiger partial charge in [0.2, 0.25) is 0 Å². The second-order valence-electron chi connectivity index (χ2n) is 6.18. The molecule has 7 nitrogen and oxygen atoms in total. The standard InChI is InChI=1S/C19H36O7/c1-17(20)7-6-9-18(21)8-4-5-10-24-15-19(26-14-12-23-3)16-25-13-11-22-2/h19H,4-16H2,1-3H3. The zero-order valence-corrected chi connectivity index (χ0v) is 16.6. The Morgan fingerprint density at radius 3 is 2.00 bits per heavy atom. The number of hydrogen-bond donors (Lipinski definition) is 0. The van der Waals surface area contributed by atoms with Crippen LogP contribution in [-0.2, 0) is 33.3 Å². The molecule has 26 heavy (non-hydrogen) atoms. The summed E-state index contributed by atoms with van der Waals surface area (Å²) >= 11 is 0. The highest BCUT2D eigenvalue weighted by Crippen LogP contribution is 2.05. The Kier molecular flexibility index (Phi) is 18.3. The van der Waals surface area contributed by atoms with Crippen molar-refractivity contribution in [1.29, 1.82) is 0 Å². The summed E-state index contributed by atoms with van der Waals surface area (Å²) in [7, 11) is 3.26. The van der Waals surface area contributed by atoms with E-state index in [9.17, 15) is 9.59 Å². The Morgan fingerprint density at radius 1 is 0.731 bits per heavy atom. The summed E-state index contributed by atoms with van der Waals surface area (Å²) in [5.74, 6) is 0.359. The van der Waals surface area contributed by atoms with Crippen molar-refractivity contribution in [1.82, 2.24) is 0 Å². The largest absolute Gasteiger partial charge is 0.382 e. The minimum absolute atomic E-state index is 0.139. The molecule has 0 aliphatic rings. The lowest BCUT2D eigenvalue weighted by Gasteiger charge is -2.18. The molecule has 0 radical (unpaired) electrons. The van der Waals surface area contributed by atoms with Gasteiger partial charge in [-0.05, 0) is 26.2 Å². The van der Waals surface area contributed by atoms with Gasteiger partial charge in [0.1, 0.15) is 17.7 Å². The monoisotopic (exact) mass is 376 g/mol. The third-order valence-corrected chi connectivity index (χ3v) is 3.66. The van der Waals surface area contributed by atoms with Crippen LogP contribution in [-0.4, -0.2) is 78.1 Å². The van der Waals surface area contributed by atoms with Gasteiger partial charge in [-0.1, -0.05) is 0 Å². The van der Waals surface area contributed by atoms with Crippen LogP contribution < -0.4 is 0 Å². The van der Waals surface area contributed by atoms with Crippen LogP contribution in [0.5, 0.6) is 0 Å². The highest BCUT2D eigenvalue weighted by Gasteiger charge is 2.10. The molecule has 0 aromatic rings. The average Bonchev–Trinajstić information content (AvgIpc) is 2.60. The summed E-state index contributed by atoms with van der Waals surface area (Å²) in [6, 6.07) is 0. The average molecular weight is 376 g/mol. The van der Waals surface area contributed by atoms with Crippen LogP contribution in [0.4, 0.5) is 0 Å². The number of unbranched alkanes of at least 4 members (excludes halogenated alkanes) is 1. The van der Waals surface area contributed by atoms with Crippen molar-refractivity contribution in [3.8, 4) is 0 Å². The summed E-state index contributed by atoms with van der Waals surface area (Å²) in [6.07, 6.45) is 3.69. The number of methoxy groups -OCH3 is 2. The minimum Gasteiger partial charge on any atom is -0.382 e. The van der Waals surface area contributed by atoms with Crippen molar-refractivity contribution in [2.24, 2.45) is 0 Å². The van der Waals surface area contributed by atoms with Crippen LogP contribution in [0.2, 0.25) is 0 Å². The van der Waals surface area contributed by atoms with Crippen molar-refractivity contribution in [3.05, 3.63) is 0 Å². The first-order valence-electron chi connectivity index (χ1n) is 9.36. The molecule has 0 spiro atoms. The van der Waals surface area contributed by atoms with E-state index in [0.717, 1.165) is 12.8 Å². The highest BCUT2D eigenvalue weighted by atomic mass is 16.6. The lowest BCUT2D eigenvalue weighted by atomic mass is 10.1. The Labute approximate surface area is 157 Å². The van der Waals surface area contributed by atoms with Gasteiger partial charge >= 0.3 is 0 Å². The van der Waals surface area contributed by atoms with E-state index in [0.29, 0.717) is 71.9 Å². The smallest absolute Gasteiger partial charge is 0.132 e. The van der Waals surface area contributed by atoms with E-state index in [2.05, 4.69) is 0 Å². The molecule has 0 saturated carbocycles. The summed E-state index contributed by atoms with van der Waals surface area (Å²) < 4.78 is 26.7. The molecule has 154 valence electrons. The predicted molar refractivity (Wildman–Crippen MR) is 98.5 cm³/mol. The molecular formula is C19H36O7. The van der Waals surface area contributed by atoms with Crippen LogP contribution >= 0.6 is 0 Å². The summed E-state index contributed by atoms with van der Waals surface area (Å²) in [5, 5.41) is 0.